The zero-order chi connectivity index (χ0) is 18.4. The van der Waals surface area contributed by atoms with Gasteiger partial charge in [-0.1, -0.05) is 41.6 Å². The first-order chi connectivity index (χ1) is 12.7. The average Bonchev–Trinajstić information content (AvgIpc) is 3.30. The average molecular weight is 369 g/mol. The van der Waals surface area contributed by atoms with E-state index >= 15 is 0 Å². The Hall–Kier alpha value is -2.87. The number of hydrazone groups is 1. The zero-order valence-electron chi connectivity index (χ0n) is 14.5. The van der Waals surface area contributed by atoms with Crippen molar-refractivity contribution in [3.05, 3.63) is 54.0 Å². The van der Waals surface area contributed by atoms with Crippen LogP contribution >= 0.6 is 11.8 Å². The minimum absolute atomic E-state index is 0.196. The summed E-state index contributed by atoms with van der Waals surface area (Å²) in [4.78, 5) is 11.9. The summed E-state index contributed by atoms with van der Waals surface area (Å²) in [5.74, 6) is 1.35. The lowest BCUT2D eigenvalue weighted by atomic mass is 10.1. The SMILES string of the molecule is CCn1c(SCC(=O)N/N=C/c2ccco2)nnc1-c1ccc(C)cc1. The van der Waals surface area contributed by atoms with Crippen molar-refractivity contribution in [3.63, 3.8) is 0 Å². The van der Waals surface area contributed by atoms with Crippen LogP contribution in [0.2, 0.25) is 0 Å². The van der Waals surface area contributed by atoms with Crippen molar-refractivity contribution < 1.29 is 9.21 Å². The number of amides is 1. The van der Waals surface area contributed by atoms with Crippen molar-refractivity contribution >= 4 is 23.9 Å². The van der Waals surface area contributed by atoms with Gasteiger partial charge in [0, 0.05) is 12.1 Å². The molecule has 134 valence electrons. The van der Waals surface area contributed by atoms with Gasteiger partial charge in [-0.2, -0.15) is 5.10 Å². The predicted molar refractivity (Wildman–Crippen MR) is 101 cm³/mol. The maximum absolute atomic E-state index is 11.9. The number of nitrogens with zero attached hydrogens (tertiary/aromatic N) is 4. The molecule has 1 N–H and O–H groups in total. The van der Waals surface area contributed by atoms with Crippen molar-refractivity contribution in [2.45, 2.75) is 25.5 Å². The smallest absolute Gasteiger partial charge is 0.250 e. The van der Waals surface area contributed by atoms with Gasteiger partial charge in [0.15, 0.2) is 11.0 Å². The molecule has 2 heterocycles. The van der Waals surface area contributed by atoms with Crippen LogP contribution in [-0.2, 0) is 11.3 Å². The Morgan fingerprint density at radius 3 is 2.81 bits per heavy atom. The molecule has 0 aliphatic heterocycles. The van der Waals surface area contributed by atoms with E-state index in [-0.39, 0.29) is 11.7 Å². The van der Waals surface area contributed by atoms with Crippen LogP contribution < -0.4 is 5.43 Å². The van der Waals surface area contributed by atoms with Gasteiger partial charge in [0.2, 0.25) is 0 Å². The highest BCUT2D eigenvalue weighted by Gasteiger charge is 2.14. The Balaban J connectivity index is 1.61. The van der Waals surface area contributed by atoms with E-state index in [4.69, 9.17) is 4.42 Å². The number of furan rings is 1. The summed E-state index contributed by atoms with van der Waals surface area (Å²) < 4.78 is 7.09. The summed E-state index contributed by atoms with van der Waals surface area (Å²) in [7, 11) is 0. The molecule has 3 aromatic rings. The molecule has 1 aromatic carbocycles. The summed E-state index contributed by atoms with van der Waals surface area (Å²) >= 11 is 1.33. The number of aryl methyl sites for hydroxylation is 1. The summed E-state index contributed by atoms with van der Waals surface area (Å²) in [6.07, 6.45) is 2.99. The molecule has 1 amide bonds. The molecule has 0 fully saturated rings. The molecule has 2 aromatic heterocycles. The molecule has 0 radical (unpaired) electrons. The van der Waals surface area contributed by atoms with Crippen LogP contribution in [0.1, 0.15) is 18.2 Å². The largest absolute Gasteiger partial charge is 0.463 e. The van der Waals surface area contributed by atoms with E-state index in [9.17, 15) is 4.79 Å². The first kappa shape index (κ1) is 17.9. The van der Waals surface area contributed by atoms with Crippen LogP contribution in [0.4, 0.5) is 0 Å². The van der Waals surface area contributed by atoms with E-state index < -0.39 is 0 Å². The topological polar surface area (TPSA) is 85.3 Å². The molecule has 0 saturated carbocycles. The van der Waals surface area contributed by atoms with Crippen LogP contribution in [0.3, 0.4) is 0 Å². The Labute approximate surface area is 155 Å². The number of rotatable bonds is 7. The minimum atomic E-state index is -0.222. The molecule has 0 bridgehead atoms. The van der Waals surface area contributed by atoms with Crippen LogP contribution in [0.5, 0.6) is 0 Å². The summed E-state index contributed by atoms with van der Waals surface area (Å²) in [6.45, 7) is 4.79. The Kier molecular flexibility index (Phi) is 5.85. The minimum Gasteiger partial charge on any atom is -0.463 e. The first-order valence-corrected chi connectivity index (χ1v) is 9.14. The van der Waals surface area contributed by atoms with E-state index in [1.807, 2.05) is 42.7 Å². The normalized spacial score (nSPS) is 11.2. The highest BCUT2D eigenvalue weighted by molar-refractivity contribution is 7.99. The maximum Gasteiger partial charge on any atom is 0.250 e. The predicted octanol–water partition coefficient (Wildman–Crippen LogP) is 3.11. The maximum atomic E-state index is 11.9. The fraction of sp³-hybridized carbons (Fsp3) is 0.222. The van der Waals surface area contributed by atoms with Crippen LogP contribution in [0.25, 0.3) is 11.4 Å². The zero-order valence-corrected chi connectivity index (χ0v) is 15.4. The molecule has 3 rings (SSSR count). The molecule has 7 nitrogen and oxygen atoms in total. The van der Waals surface area contributed by atoms with E-state index in [0.29, 0.717) is 10.9 Å². The van der Waals surface area contributed by atoms with Gasteiger partial charge >= 0.3 is 0 Å². The molecule has 0 unspecified atom stereocenters. The number of carbonyl (C=O) groups excluding carboxylic acids is 1. The van der Waals surface area contributed by atoms with E-state index in [0.717, 1.165) is 17.9 Å². The molecule has 0 spiro atoms. The first-order valence-electron chi connectivity index (χ1n) is 8.16. The molecule has 0 saturated heterocycles. The lowest BCUT2D eigenvalue weighted by Gasteiger charge is -2.07. The van der Waals surface area contributed by atoms with Crippen molar-refractivity contribution in [1.82, 2.24) is 20.2 Å². The third-order valence-electron chi connectivity index (χ3n) is 3.60. The van der Waals surface area contributed by atoms with Gasteiger partial charge in [0.1, 0.15) is 5.76 Å². The number of nitrogens with one attached hydrogen (secondary N) is 1. The Bertz CT molecular complexity index is 885. The third-order valence-corrected chi connectivity index (χ3v) is 4.57. The van der Waals surface area contributed by atoms with Gasteiger partial charge in [0.25, 0.3) is 5.91 Å². The molecular weight excluding hydrogens is 350 g/mol. The number of carbonyl (C=O) groups is 1. The van der Waals surface area contributed by atoms with E-state index in [1.54, 1.807) is 18.4 Å². The lowest BCUT2D eigenvalue weighted by molar-refractivity contribution is -0.118. The quantitative estimate of drug-likeness (QED) is 0.393. The van der Waals surface area contributed by atoms with Crippen molar-refractivity contribution in [1.29, 1.82) is 0 Å². The number of hydrogen-bond donors (Lipinski definition) is 1. The number of benzene rings is 1. The second-order valence-corrected chi connectivity index (χ2v) is 6.46. The molecule has 0 atom stereocenters. The second-order valence-electron chi connectivity index (χ2n) is 5.51. The van der Waals surface area contributed by atoms with E-state index in [1.165, 1.54) is 23.5 Å². The third kappa shape index (κ3) is 4.40. The summed E-state index contributed by atoms with van der Waals surface area (Å²) in [5.41, 5.74) is 4.66. The van der Waals surface area contributed by atoms with Gasteiger partial charge in [-0.25, -0.2) is 5.43 Å². The molecule has 26 heavy (non-hydrogen) atoms. The van der Waals surface area contributed by atoms with E-state index in [2.05, 4.69) is 20.7 Å². The van der Waals surface area contributed by atoms with Crippen molar-refractivity contribution in [3.8, 4) is 11.4 Å². The van der Waals surface area contributed by atoms with Gasteiger partial charge in [0.05, 0.1) is 18.2 Å². The van der Waals surface area contributed by atoms with Crippen LogP contribution in [0.15, 0.2) is 57.3 Å². The van der Waals surface area contributed by atoms with Crippen LogP contribution in [0, 0.1) is 6.92 Å². The fourth-order valence-electron chi connectivity index (χ4n) is 2.29. The monoisotopic (exact) mass is 369 g/mol. The van der Waals surface area contributed by atoms with Crippen molar-refractivity contribution in [2.75, 3.05) is 5.75 Å². The summed E-state index contributed by atoms with van der Waals surface area (Å²) in [6, 6.07) is 11.6. The summed E-state index contributed by atoms with van der Waals surface area (Å²) in [5, 5.41) is 13.1. The lowest BCUT2D eigenvalue weighted by Crippen LogP contribution is -2.20. The Morgan fingerprint density at radius 2 is 2.12 bits per heavy atom. The molecule has 8 heteroatoms. The Morgan fingerprint density at radius 1 is 1.31 bits per heavy atom. The number of aromatic nitrogens is 3. The van der Waals surface area contributed by atoms with Crippen molar-refractivity contribution in [2.24, 2.45) is 5.10 Å². The van der Waals surface area contributed by atoms with Gasteiger partial charge in [-0.15, -0.1) is 10.2 Å². The highest BCUT2D eigenvalue weighted by atomic mass is 32.2. The molecule has 0 aliphatic carbocycles. The molecular formula is C18H19N5O2S. The number of thioether (sulfide) groups is 1. The fourth-order valence-corrected chi connectivity index (χ4v) is 3.09. The highest BCUT2D eigenvalue weighted by Crippen LogP contribution is 2.24. The van der Waals surface area contributed by atoms with Gasteiger partial charge in [-0.3, -0.25) is 4.79 Å². The number of hydrogen-bond acceptors (Lipinski definition) is 6. The second kappa shape index (κ2) is 8.48. The van der Waals surface area contributed by atoms with Gasteiger partial charge < -0.3 is 8.98 Å². The molecule has 0 aliphatic rings. The standard InChI is InChI=1S/C18H19N5O2S/c1-3-23-17(14-8-6-13(2)7-9-14)21-22-18(23)26-12-16(24)20-19-11-15-5-4-10-25-15/h4-11H,3,12H2,1-2H3,(H,20,24)/b19-11+. The van der Waals surface area contributed by atoms with Crippen LogP contribution in [-0.4, -0.2) is 32.6 Å². The van der Waals surface area contributed by atoms with Gasteiger partial charge in [-0.05, 0) is 26.0 Å².